The number of carbonyl (C=O) groups is 1. The minimum absolute atomic E-state index is 0.0341. The highest BCUT2D eigenvalue weighted by Gasteiger charge is 2.30. The van der Waals surface area contributed by atoms with Gasteiger partial charge in [-0.05, 0) is 36.4 Å². The first-order valence-corrected chi connectivity index (χ1v) is 11.0. The molecule has 3 aromatic rings. The van der Waals surface area contributed by atoms with Gasteiger partial charge in [-0.15, -0.1) is 11.8 Å². The number of fused-ring (bicyclic) bond motifs is 1. The van der Waals surface area contributed by atoms with Crippen molar-refractivity contribution in [2.75, 3.05) is 11.5 Å². The Bertz CT molecular complexity index is 1180. The predicted octanol–water partition coefficient (Wildman–Crippen LogP) is 4.88. The van der Waals surface area contributed by atoms with Crippen molar-refractivity contribution in [3.05, 3.63) is 60.2 Å². The Balaban J connectivity index is 1.87. The van der Waals surface area contributed by atoms with Crippen LogP contribution in [0.15, 0.2) is 64.5 Å². The Morgan fingerprint density at radius 1 is 1.10 bits per heavy atom. The second-order valence-corrected chi connectivity index (χ2v) is 9.24. The van der Waals surface area contributed by atoms with E-state index < -0.39 is 27.7 Å². The molecule has 1 N–H and O–H groups in total. The molecule has 6 nitrogen and oxygen atoms in total. The van der Waals surface area contributed by atoms with Crippen molar-refractivity contribution in [1.82, 2.24) is 4.98 Å². The summed E-state index contributed by atoms with van der Waals surface area (Å²) in [5.74, 6) is -0.482. The molecular formula is C19H14F3NO5S2. The predicted molar refractivity (Wildman–Crippen MR) is 105 cm³/mol. The number of hydrogen-bond acceptors (Lipinski definition) is 6. The summed E-state index contributed by atoms with van der Waals surface area (Å²) in [6, 6.07) is 11.8. The average Bonchev–Trinajstić information content (AvgIpc) is 2.67. The first-order valence-electron chi connectivity index (χ1n) is 8.40. The lowest BCUT2D eigenvalue weighted by atomic mass is 10.1. The molecule has 0 aliphatic carbocycles. The molecule has 0 amide bonds. The van der Waals surface area contributed by atoms with Gasteiger partial charge in [0.25, 0.3) is 0 Å². The highest BCUT2D eigenvalue weighted by molar-refractivity contribution is 8.00. The lowest BCUT2D eigenvalue weighted by Gasteiger charge is -2.11. The van der Waals surface area contributed by atoms with E-state index in [1.54, 1.807) is 18.2 Å². The van der Waals surface area contributed by atoms with Gasteiger partial charge in [0, 0.05) is 11.1 Å². The maximum absolute atomic E-state index is 12.9. The van der Waals surface area contributed by atoms with Gasteiger partial charge in [0.1, 0.15) is 5.03 Å². The number of thioether (sulfide) groups is 1. The quantitative estimate of drug-likeness (QED) is 0.417. The molecule has 0 radical (unpaired) electrons. The molecule has 3 rings (SSSR count). The van der Waals surface area contributed by atoms with Crippen LogP contribution in [0.25, 0.3) is 10.9 Å². The van der Waals surface area contributed by atoms with Crippen molar-refractivity contribution in [3.8, 4) is 5.75 Å². The van der Waals surface area contributed by atoms with Crippen LogP contribution in [0.2, 0.25) is 0 Å². The van der Waals surface area contributed by atoms with E-state index in [1.807, 2.05) is 0 Å². The van der Waals surface area contributed by atoms with Crippen LogP contribution >= 0.6 is 11.8 Å². The third kappa shape index (κ3) is 5.22. The molecule has 0 atom stereocenters. The molecule has 0 aliphatic heterocycles. The molecule has 0 saturated heterocycles. The van der Waals surface area contributed by atoms with E-state index >= 15 is 0 Å². The zero-order valence-electron chi connectivity index (χ0n) is 15.1. The smallest absolute Gasteiger partial charge is 0.449 e. The number of alkyl halides is 3. The molecule has 0 unspecified atom stereocenters. The topological polar surface area (TPSA) is 93.6 Å². The summed E-state index contributed by atoms with van der Waals surface area (Å²) in [4.78, 5) is 15.3. The van der Waals surface area contributed by atoms with Crippen molar-refractivity contribution in [3.63, 3.8) is 0 Å². The minimum atomic E-state index is -4.57. The van der Waals surface area contributed by atoms with Gasteiger partial charge >= 0.3 is 12.3 Å². The summed E-state index contributed by atoms with van der Waals surface area (Å²) in [6.07, 6.45) is -6.23. The fraction of sp³-hybridized carbons (Fsp3) is 0.158. The fourth-order valence-electron chi connectivity index (χ4n) is 2.58. The van der Waals surface area contributed by atoms with Crippen LogP contribution in [0, 0.1) is 0 Å². The maximum atomic E-state index is 12.9. The number of halogens is 3. The SMILES string of the molecule is O=C(O)Oc1cc2cc(C(F)(F)F)ccc2nc1SCCS(=O)(=O)c1ccccc1. The van der Waals surface area contributed by atoms with Gasteiger partial charge < -0.3 is 9.84 Å². The average molecular weight is 457 g/mol. The summed E-state index contributed by atoms with van der Waals surface area (Å²) in [6.45, 7) is 0. The number of nitrogens with zero attached hydrogens (tertiary/aromatic N) is 1. The van der Waals surface area contributed by atoms with Crippen molar-refractivity contribution < 1.29 is 36.2 Å². The van der Waals surface area contributed by atoms with Crippen LogP contribution in [-0.2, 0) is 16.0 Å². The Labute approximate surface area is 173 Å². The number of benzene rings is 2. The number of rotatable bonds is 6. The molecule has 2 aromatic carbocycles. The van der Waals surface area contributed by atoms with Gasteiger partial charge in [0.15, 0.2) is 15.6 Å². The number of hydrogen-bond donors (Lipinski definition) is 1. The van der Waals surface area contributed by atoms with Crippen LogP contribution in [-0.4, -0.2) is 36.2 Å². The molecule has 0 bridgehead atoms. The van der Waals surface area contributed by atoms with Crippen molar-refractivity contribution in [2.24, 2.45) is 0 Å². The molecule has 30 heavy (non-hydrogen) atoms. The molecule has 0 fully saturated rings. The number of ether oxygens (including phenoxy) is 1. The highest BCUT2D eigenvalue weighted by atomic mass is 32.2. The molecule has 0 saturated carbocycles. The van der Waals surface area contributed by atoms with Crippen LogP contribution in [0.1, 0.15) is 5.56 Å². The zero-order valence-corrected chi connectivity index (χ0v) is 16.7. The number of carboxylic acid groups (broad SMARTS) is 1. The van der Waals surface area contributed by atoms with E-state index in [4.69, 9.17) is 5.11 Å². The lowest BCUT2D eigenvalue weighted by Crippen LogP contribution is -2.10. The normalized spacial score (nSPS) is 12.1. The highest BCUT2D eigenvalue weighted by Crippen LogP contribution is 2.35. The molecule has 0 spiro atoms. The summed E-state index contributed by atoms with van der Waals surface area (Å²) in [7, 11) is -3.56. The number of sulfone groups is 1. The van der Waals surface area contributed by atoms with Gasteiger partial charge in [-0.3, -0.25) is 0 Å². The van der Waals surface area contributed by atoms with E-state index in [2.05, 4.69) is 9.72 Å². The van der Waals surface area contributed by atoms with Gasteiger partial charge in [0.05, 0.1) is 21.7 Å². The van der Waals surface area contributed by atoms with E-state index in [9.17, 15) is 26.4 Å². The molecule has 1 heterocycles. The minimum Gasteiger partial charge on any atom is -0.449 e. The number of pyridine rings is 1. The fourth-order valence-corrected chi connectivity index (χ4v) is 5.20. The Morgan fingerprint density at radius 2 is 1.80 bits per heavy atom. The molecule has 158 valence electrons. The van der Waals surface area contributed by atoms with Crippen LogP contribution in [0.4, 0.5) is 18.0 Å². The summed E-state index contributed by atoms with van der Waals surface area (Å²) in [5.41, 5.74) is -0.721. The largest absolute Gasteiger partial charge is 0.511 e. The Kier molecular flexibility index (Phi) is 6.22. The summed E-state index contributed by atoms with van der Waals surface area (Å²) >= 11 is 0.934. The van der Waals surface area contributed by atoms with Gasteiger partial charge in [-0.1, -0.05) is 18.2 Å². The van der Waals surface area contributed by atoms with Crippen molar-refractivity contribution >= 4 is 38.7 Å². The molecular weight excluding hydrogens is 443 g/mol. The van der Waals surface area contributed by atoms with E-state index in [0.717, 1.165) is 36.0 Å². The first-order chi connectivity index (χ1) is 14.1. The first kappa shape index (κ1) is 21.9. The summed E-state index contributed by atoms with van der Waals surface area (Å²) < 4.78 is 68.1. The zero-order chi connectivity index (χ0) is 21.9. The Morgan fingerprint density at radius 3 is 2.43 bits per heavy atom. The molecule has 0 aliphatic rings. The van der Waals surface area contributed by atoms with Crippen molar-refractivity contribution in [2.45, 2.75) is 16.1 Å². The lowest BCUT2D eigenvalue weighted by molar-refractivity contribution is -0.137. The number of aromatic nitrogens is 1. The molecule has 11 heteroatoms. The third-order valence-corrected chi connectivity index (χ3v) is 6.93. The Hall–Kier alpha value is -2.79. The van der Waals surface area contributed by atoms with Crippen molar-refractivity contribution in [1.29, 1.82) is 0 Å². The monoisotopic (exact) mass is 457 g/mol. The van der Waals surface area contributed by atoms with Crippen LogP contribution in [0.5, 0.6) is 5.75 Å². The van der Waals surface area contributed by atoms with E-state index in [-0.39, 0.29) is 38.1 Å². The van der Waals surface area contributed by atoms with Crippen LogP contribution in [0.3, 0.4) is 0 Å². The maximum Gasteiger partial charge on any atom is 0.511 e. The van der Waals surface area contributed by atoms with Gasteiger partial charge in [0.2, 0.25) is 0 Å². The summed E-state index contributed by atoms with van der Waals surface area (Å²) in [5, 5.41) is 9.02. The standard InChI is InChI=1S/C19H14F3NO5S2/c20-19(21,22)13-6-7-15-12(10-13)11-16(28-18(24)25)17(23-15)29-8-9-30(26,27)14-4-2-1-3-5-14/h1-7,10-11H,8-9H2,(H,24,25). The van der Waals surface area contributed by atoms with Gasteiger partial charge in [-0.2, -0.15) is 13.2 Å². The second kappa shape index (κ2) is 8.52. The van der Waals surface area contributed by atoms with E-state index in [0.29, 0.717) is 0 Å². The van der Waals surface area contributed by atoms with E-state index in [1.165, 1.54) is 12.1 Å². The second-order valence-electron chi connectivity index (χ2n) is 6.05. The van der Waals surface area contributed by atoms with Crippen LogP contribution < -0.4 is 4.74 Å². The molecule has 1 aromatic heterocycles. The third-order valence-electron chi connectivity index (χ3n) is 3.96. The van der Waals surface area contributed by atoms with Gasteiger partial charge in [-0.25, -0.2) is 18.2 Å².